The van der Waals surface area contributed by atoms with E-state index in [0.29, 0.717) is 16.9 Å². The number of amides is 1. The van der Waals surface area contributed by atoms with Gasteiger partial charge in [-0.2, -0.15) is 5.10 Å². The van der Waals surface area contributed by atoms with Crippen molar-refractivity contribution in [3.8, 4) is 23.0 Å². The van der Waals surface area contributed by atoms with Crippen LogP contribution in [0, 0.1) is 20.2 Å². The summed E-state index contributed by atoms with van der Waals surface area (Å²) in [5, 5.41) is 26.2. The Balaban J connectivity index is 1.80. The first kappa shape index (κ1) is 23.7. The Morgan fingerprint density at radius 2 is 1.59 bits per heavy atom. The minimum Gasteiger partial charge on any atom is -0.497 e. The Bertz CT molecular complexity index is 1260. The molecule has 3 aromatic carbocycles. The van der Waals surface area contributed by atoms with Gasteiger partial charge in [0, 0.05) is 11.6 Å². The number of methoxy groups -OCH3 is 2. The molecule has 34 heavy (non-hydrogen) atoms. The topological polar surface area (TPSA) is 155 Å². The second-order valence-corrected chi connectivity index (χ2v) is 6.61. The van der Waals surface area contributed by atoms with Gasteiger partial charge in [-0.05, 0) is 54.1 Å². The van der Waals surface area contributed by atoms with Crippen molar-refractivity contribution in [2.75, 3.05) is 14.2 Å². The molecule has 12 nitrogen and oxygen atoms in total. The predicted octanol–water partition coefficient (Wildman–Crippen LogP) is 4.08. The van der Waals surface area contributed by atoms with Crippen LogP contribution in [-0.4, -0.2) is 36.2 Å². The van der Waals surface area contributed by atoms with Crippen LogP contribution in [0.15, 0.2) is 65.8 Å². The maximum atomic E-state index is 12.2. The largest absolute Gasteiger partial charge is 0.497 e. The lowest BCUT2D eigenvalue weighted by Crippen LogP contribution is -2.17. The summed E-state index contributed by atoms with van der Waals surface area (Å²) in [6, 6.07) is 14.1. The second-order valence-electron chi connectivity index (χ2n) is 6.61. The van der Waals surface area contributed by atoms with Crippen LogP contribution in [0.1, 0.15) is 15.9 Å². The maximum Gasteiger partial charge on any atom is 0.318 e. The first-order valence-corrected chi connectivity index (χ1v) is 9.58. The zero-order chi connectivity index (χ0) is 24.7. The van der Waals surface area contributed by atoms with Gasteiger partial charge in [0.25, 0.3) is 11.6 Å². The number of carbonyl (C=O) groups excluding carboxylic acids is 1. The molecule has 1 amide bonds. The molecule has 0 spiro atoms. The number of non-ortho nitro benzene ring substituents is 1. The van der Waals surface area contributed by atoms with E-state index in [-0.39, 0.29) is 17.2 Å². The van der Waals surface area contributed by atoms with E-state index in [2.05, 4.69) is 10.5 Å². The molecule has 0 atom stereocenters. The molecule has 0 aromatic heterocycles. The van der Waals surface area contributed by atoms with E-state index < -0.39 is 27.1 Å². The normalized spacial score (nSPS) is 10.5. The summed E-state index contributed by atoms with van der Waals surface area (Å²) < 4.78 is 15.9. The Labute approximate surface area is 192 Å². The zero-order valence-corrected chi connectivity index (χ0v) is 18.0. The number of nitro benzene ring substituents is 2. The first-order valence-electron chi connectivity index (χ1n) is 9.58. The fourth-order valence-corrected chi connectivity index (χ4v) is 2.79. The van der Waals surface area contributed by atoms with Crippen molar-refractivity contribution in [1.82, 2.24) is 5.43 Å². The highest BCUT2D eigenvalue weighted by molar-refractivity contribution is 5.95. The van der Waals surface area contributed by atoms with Gasteiger partial charge in [-0.15, -0.1) is 0 Å². The van der Waals surface area contributed by atoms with Crippen LogP contribution < -0.4 is 19.6 Å². The number of hydrazone groups is 1. The minimum absolute atomic E-state index is 0.102. The third-order valence-electron chi connectivity index (χ3n) is 4.49. The molecule has 12 heteroatoms. The summed E-state index contributed by atoms with van der Waals surface area (Å²) in [5.74, 6) is 0.317. The molecule has 0 saturated carbocycles. The van der Waals surface area contributed by atoms with Crippen molar-refractivity contribution in [1.29, 1.82) is 0 Å². The van der Waals surface area contributed by atoms with Crippen molar-refractivity contribution in [3.05, 3.63) is 92.0 Å². The maximum absolute atomic E-state index is 12.2. The highest BCUT2D eigenvalue weighted by Gasteiger charge is 2.22. The molecule has 0 saturated heterocycles. The molecule has 1 N–H and O–H groups in total. The van der Waals surface area contributed by atoms with Gasteiger partial charge >= 0.3 is 5.69 Å². The van der Waals surface area contributed by atoms with Crippen LogP contribution in [0.4, 0.5) is 11.4 Å². The Hall–Kier alpha value is -5.00. The number of rotatable bonds is 9. The lowest BCUT2D eigenvalue weighted by Gasteiger charge is -2.11. The summed E-state index contributed by atoms with van der Waals surface area (Å²) in [7, 11) is 2.90. The summed E-state index contributed by atoms with van der Waals surface area (Å²) in [6.45, 7) is 0. The molecule has 3 rings (SSSR count). The van der Waals surface area contributed by atoms with Gasteiger partial charge in [-0.1, -0.05) is 0 Å². The van der Waals surface area contributed by atoms with Crippen LogP contribution in [0.3, 0.4) is 0 Å². The molecule has 174 valence electrons. The van der Waals surface area contributed by atoms with E-state index >= 15 is 0 Å². The number of nitrogens with zero attached hydrogens (tertiary/aromatic N) is 3. The zero-order valence-electron chi connectivity index (χ0n) is 18.0. The average molecular weight is 466 g/mol. The molecular formula is C22H18N4O8. The van der Waals surface area contributed by atoms with E-state index in [1.54, 1.807) is 36.4 Å². The lowest BCUT2D eigenvalue weighted by atomic mass is 10.2. The average Bonchev–Trinajstić information content (AvgIpc) is 2.84. The van der Waals surface area contributed by atoms with E-state index in [9.17, 15) is 25.0 Å². The van der Waals surface area contributed by atoms with Crippen LogP contribution in [-0.2, 0) is 0 Å². The van der Waals surface area contributed by atoms with E-state index in [4.69, 9.17) is 14.2 Å². The van der Waals surface area contributed by atoms with E-state index in [0.717, 1.165) is 18.2 Å². The Morgan fingerprint density at radius 3 is 2.21 bits per heavy atom. The van der Waals surface area contributed by atoms with Gasteiger partial charge in [-0.3, -0.25) is 25.0 Å². The molecule has 0 radical (unpaired) electrons. The number of nitro groups is 2. The molecule has 0 unspecified atom stereocenters. The third-order valence-corrected chi connectivity index (χ3v) is 4.49. The summed E-state index contributed by atoms with van der Waals surface area (Å²) in [6.07, 6.45) is 1.35. The van der Waals surface area contributed by atoms with E-state index in [1.165, 1.54) is 26.5 Å². The molecular weight excluding hydrogens is 448 g/mol. The molecule has 3 aromatic rings. The van der Waals surface area contributed by atoms with Crippen molar-refractivity contribution in [2.45, 2.75) is 0 Å². The van der Waals surface area contributed by atoms with Gasteiger partial charge in [0.15, 0.2) is 11.5 Å². The molecule has 0 bridgehead atoms. The van der Waals surface area contributed by atoms with Crippen LogP contribution >= 0.6 is 0 Å². The van der Waals surface area contributed by atoms with Crippen molar-refractivity contribution in [3.63, 3.8) is 0 Å². The van der Waals surface area contributed by atoms with Crippen molar-refractivity contribution < 1.29 is 28.9 Å². The molecule has 0 aliphatic heterocycles. The van der Waals surface area contributed by atoms with Gasteiger partial charge in [0.2, 0.25) is 5.75 Å². The van der Waals surface area contributed by atoms with Crippen LogP contribution in [0.5, 0.6) is 23.0 Å². The highest BCUT2D eigenvalue weighted by Crippen LogP contribution is 2.38. The minimum atomic E-state index is -0.783. The smallest absolute Gasteiger partial charge is 0.318 e. The molecule has 0 aliphatic rings. The highest BCUT2D eigenvalue weighted by atomic mass is 16.6. The monoisotopic (exact) mass is 466 g/mol. The second kappa shape index (κ2) is 10.5. The standard InChI is InChI=1S/C22H18N4O8/c1-32-17-7-4-15(5-8-17)22(27)24-23-13-14-3-9-20(33-2)21(11-14)34-19-10-6-16(25(28)29)12-18(19)26(30)31/h3-13H,1-2H3,(H,24,27)/b23-13-. The molecule has 0 fully saturated rings. The number of nitrogens with one attached hydrogen (secondary N) is 1. The fraction of sp³-hybridized carbons (Fsp3) is 0.0909. The van der Waals surface area contributed by atoms with Gasteiger partial charge < -0.3 is 14.2 Å². The number of hydrogen-bond acceptors (Lipinski definition) is 9. The number of benzene rings is 3. The summed E-state index contributed by atoms with van der Waals surface area (Å²) in [5.41, 5.74) is 2.22. The number of carbonyl (C=O) groups is 1. The summed E-state index contributed by atoms with van der Waals surface area (Å²) in [4.78, 5) is 33.0. The van der Waals surface area contributed by atoms with Crippen molar-refractivity contribution >= 4 is 23.5 Å². The molecule has 0 aliphatic carbocycles. The van der Waals surface area contributed by atoms with Gasteiger partial charge in [0.1, 0.15) is 5.75 Å². The summed E-state index contributed by atoms with van der Waals surface area (Å²) >= 11 is 0. The van der Waals surface area contributed by atoms with E-state index in [1.807, 2.05) is 0 Å². The first-order chi connectivity index (χ1) is 16.3. The quantitative estimate of drug-likeness (QED) is 0.281. The number of hydrogen-bond donors (Lipinski definition) is 1. The van der Waals surface area contributed by atoms with Crippen LogP contribution in [0.25, 0.3) is 0 Å². The van der Waals surface area contributed by atoms with Gasteiger partial charge in [0.05, 0.1) is 36.3 Å². The fourth-order valence-electron chi connectivity index (χ4n) is 2.79. The third kappa shape index (κ3) is 5.62. The van der Waals surface area contributed by atoms with Crippen LogP contribution in [0.2, 0.25) is 0 Å². The molecule has 0 heterocycles. The Morgan fingerprint density at radius 1 is 0.882 bits per heavy atom. The van der Waals surface area contributed by atoms with Gasteiger partial charge in [-0.25, -0.2) is 5.43 Å². The SMILES string of the molecule is COc1ccc(C(=O)N/N=C\c2ccc(OC)c(Oc3ccc([N+](=O)[O-])cc3[N+](=O)[O-])c2)cc1. The predicted molar refractivity (Wildman–Crippen MR) is 121 cm³/mol. The Kier molecular flexibility index (Phi) is 7.34. The van der Waals surface area contributed by atoms with Crippen molar-refractivity contribution in [2.24, 2.45) is 5.10 Å². The number of ether oxygens (including phenoxy) is 3. The lowest BCUT2D eigenvalue weighted by molar-refractivity contribution is -0.394.